The first kappa shape index (κ1) is 20.8. The van der Waals surface area contributed by atoms with Crippen LogP contribution in [0.3, 0.4) is 0 Å². The largest absolute Gasteiger partial charge is 0.573 e. The first-order valence-electron chi connectivity index (χ1n) is 9.11. The van der Waals surface area contributed by atoms with Crippen molar-refractivity contribution in [2.75, 3.05) is 5.32 Å². The summed E-state index contributed by atoms with van der Waals surface area (Å²) in [6.45, 7) is 5.19. The van der Waals surface area contributed by atoms with Crippen molar-refractivity contribution in [2.45, 2.75) is 52.1 Å². The van der Waals surface area contributed by atoms with Crippen molar-refractivity contribution in [3.63, 3.8) is 0 Å². The topological polar surface area (TPSA) is 69.6 Å². The summed E-state index contributed by atoms with van der Waals surface area (Å²) in [4.78, 5) is 24.7. The third-order valence-electron chi connectivity index (χ3n) is 4.62. The molecular weight excluding hydrogens is 389 g/mol. The number of hydrogen-bond acceptors (Lipinski definition) is 4. The second-order valence-electron chi connectivity index (χ2n) is 6.99. The minimum Gasteiger partial charge on any atom is -0.449 e. The van der Waals surface area contributed by atoms with Crippen molar-refractivity contribution >= 4 is 17.6 Å². The zero-order valence-electron chi connectivity index (χ0n) is 16.2. The lowest BCUT2D eigenvalue weighted by Gasteiger charge is -2.14. The van der Waals surface area contributed by atoms with Crippen molar-refractivity contribution in [3.05, 3.63) is 47.3 Å². The van der Waals surface area contributed by atoms with Crippen LogP contribution in [0.25, 0.3) is 0 Å². The Morgan fingerprint density at radius 3 is 2.34 bits per heavy atom. The van der Waals surface area contributed by atoms with E-state index in [1.807, 2.05) is 13.8 Å². The number of amides is 1. The monoisotopic (exact) mass is 410 g/mol. The third kappa shape index (κ3) is 5.10. The van der Waals surface area contributed by atoms with Gasteiger partial charge in [-0.3, -0.25) is 4.79 Å². The molecule has 3 rings (SSSR count). The highest BCUT2D eigenvalue weighted by molar-refractivity contribution is 5.97. The van der Waals surface area contributed by atoms with E-state index in [0.29, 0.717) is 11.6 Å². The molecule has 29 heavy (non-hydrogen) atoms. The SMILES string of the molecule is Cc1cc(C(=O)O[C@@H](C)C(=O)Nc2ccc(OC(F)(F)F)cc2)c(C)n1C1CC1. The van der Waals surface area contributed by atoms with Crippen LogP contribution in [-0.4, -0.2) is 28.9 Å². The highest BCUT2D eigenvalue weighted by Crippen LogP contribution is 2.38. The lowest BCUT2D eigenvalue weighted by Crippen LogP contribution is -2.30. The van der Waals surface area contributed by atoms with E-state index in [1.165, 1.54) is 19.1 Å². The predicted octanol–water partition coefficient (Wildman–Crippen LogP) is 4.52. The Bertz CT molecular complexity index is 915. The number of carbonyl (C=O) groups is 2. The molecule has 0 bridgehead atoms. The molecule has 1 aromatic heterocycles. The number of alkyl halides is 3. The van der Waals surface area contributed by atoms with E-state index in [0.717, 1.165) is 36.4 Å². The smallest absolute Gasteiger partial charge is 0.449 e. The summed E-state index contributed by atoms with van der Waals surface area (Å²) in [6.07, 6.45) is -3.72. The van der Waals surface area contributed by atoms with E-state index in [1.54, 1.807) is 6.07 Å². The third-order valence-corrected chi connectivity index (χ3v) is 4.62. The van der Waals surface area contributed by atoms with Crippen LogP contribution < -0.4 is 10.1 Å². The van der Waals surface area contributed by atoms with Crippen molar-refractivity contribution < 1.29 is 32.2 Å². The Morgan fingerprint density at radius 2 is 1.79 bits per heavy atom. The Labute approximate surface area is 165 Å². The summed E-state index contributed by atoms with van der Waals surface area (Å²) in [5, 5.41) is 2.49. The maximum absolute atomic E-state index is 12.5. The van der Waals surface area contributed by atoms with Gasteiger partial charge in [0.1, 0.15) is 5.75 Å². The maximum Gasteiger partial charge on any atom is 0.573 e. The molecule has 1 aliphatic carbocycles. The molecule has 0 saturated heterocycles. The van der Waals surface area contributed by atoms with E-state index in [9.17, 15) is 22.8 Å². The molecular formula is C20H21F3N2O4. The molecule has 1 aromatic carbocycles. The lowest BCUT2D eigenvalue weighted by atomic mass is 10.2. The maximum atomic E-state index is 12.5. The number of nitrogens with zero attached hydrogens (tertiary/aromatic N) is 1. The Hall–Kier alpha value is -2.97. The number of anilines is 1. The molecule has 1 saturated carbocycles. The molecule has 9 heteroatoms. The second kappa shape index (κ2) is 7.81. The predicted molar refractivity (Wildman–Crippen MR) is 98.8 cm³/mol. The molecule has 6 nitrogen and oxygen atoms in total. The standard InChI is InChI=1S/C20H21F3N2O4/c1-11-10-17(12(2)25(11)15-6-7-15)19(27)28-13(3)18(26)24-14-4-8-16(9-5-14)29-20(21,22)23/h4-5,8-10,13,15H,6-7H2,1-3H3,(H,24,26)/t13-/m0/s1. The van der Waals surface area contributed by atoms with Gasteiger partial charge in [-0.2, -0.15) is 0 Å². The number of nitrogens with one attached hydrogen (secondary N) is 1. The highest BCUT2D eigenvalue weighted by Gasteiger charge is 2.31. The summed E-state index contributed by atoms with van der Waals surface area (Å²) in [7, 11) is 0. The number of esters is 1. The van der Waals surface area contributed by atoms with E-state index in [4.69, 9.17) is 4.74 Å². The summed E-state index contributed by atoms with van der Waals surface area (Å²) >= 11 is 0. The molecule has 1 heterocycles. The number of carbonyl (C=O) groups excluding carboxylic acids is 2. The van der Waals surface area contributed by atoms with Crippen molar-refractivity contribution in [1.29, 1.82) is 0 Å². The molecule has 156 valence electrons. The normalized spacial score (nSPS) is 15.0. The van der Waals surface area contributed by atoms with Gasteiger partial charge in [-0.1, -0.05) is 0 Å². The first-order chi connectivity index (χ1) is 13.5. The van der Waals surface area contributed by atoms with E-state index in [-0.39, 0.29) is 5.69 Å². The van der Waals surface area contributed by atoms with Gasteiger partial charge >= 0.3 is 12.3 Å². The van der Waals surface area contributed by atoms with Crippen LogP contribution >= 0.6 is 0 Å². The number of halogens is 3. The van der Waals surface area contributed by atoms with Crippen molar-refractivity contribution in [1.82, 2.24) is 4.57 Å². The fraction of sp³-hybridized carbons (Fsp3) is 0.400. The average molecular weight is 410 g/mol. The molecule has 0 aliphatic heterocycles. The zero-order valence-corrected chi connectivity index (χ0v) is 16.2. The van der Waals surface area contributed by atoms with Gasteiger partial charge in [-0.15, -0.1) is 13.2 Å². The molecule has 0 radical (unpaired) electrons. The number of aryl methyl sites for hydroxylation is 1. The summed E-state index contributed by atoms with van der Waals surface area (Å²) in [5.74, 6) is -1.60. The van der Waals surface area contributed by atoms with Gasteiger partial charge in [-0.25, -0.2) is 4.79 Å². The Balaban J connectivity index is 1.59. The van der Waals surface area contributed by atoms with Gasteiger partial charge in [0.2, 0.25) is 0 Å². The van der Waals surface area contributed by atoms with Crippen molar-refractivity contribution in [2.24, 2.45) is 0 Å². The molecule has 0 unspecified atom stereocenters. The first-order valence-corrected chi connectivity index (χ1v) is 9.11. The minimum absolute atomic E-state index is 0.249. The molecule has 1 fully saturated rings. The number of ether oxygens (including phenoxy) is 2. The Morgan fingerprint density at radius 1 is 1.17 bits per heavy atom. The summed E-state index contributed by atoms with van der Waals surface area (Å²) < 4.78 is 47.7. The molecule has 1 amide bonds. The summed E-state index contributed by atoms with van der Waals surface area (Å²) in [6, 6.07) is 6.84. The van der Waals surface area contributed by atoms with E-state index in [2.05, 4.69) is 14.6 Å². The van der Waals surface area contributed by atoms with Crippen LogP contribution in [0.2, 0.25) is 0 Å². The Kier molecular flexibility index (Phi) is 5.59. The van der Waals surface area contributed by atoms with Gasteiger partial charge in [0, 0.05) is 23.1 Å². The van der Waals surface area contributed by atoms with Crippen LogP contribution in [0.15, 0.2) is 30.3 Å². The quantitative estimate of drug-likeness (QED) is 0.711. The molecule has 2 aromatic rings. The molecule has 1 aliphatic rings. The van der Waals surface area contributed by atoms with Gasteiger partial charge in [-0.05, 0) is 63.9 Å². The zero-order chi connectivity index (χ0) is 21.3. The summed E-state index contributed by atoms with van der Waals surface area (Å²) in [5.41, 5.74) is 2.44. The van der Waals surface area contributed by atoms with Crippen LogP contribution in [0.4, 0.5) is 18.9 Å². The molecule has 1 N–H and O–H groups in total. The highest BCUT2D eigenvalue weighted by atomic mass is 19.4. The molecule has 1 atom stereocenters. The van der Waals surface area contributed by atoms with Crippen LogP contribution in [0, 0.1) is 13.8 Å². The number of hydrogen-bond donors (Lipinski definition) is 1. The van der Waals surface area contributed by atoms with Crippen LogP contribution in [0.5, 0.6) is 5.75 Å². The van der Waals surface area contributed by atoms with Gasteiger partial charge in [0.25, 0.3) is 5.91 Å². The van der Waals surface area contributed by atoms with Gasteiger partial charge in [0.05, 0.1) is 5.56 Å². The van der Waals surface area contributed by atoms with Crippen LogP contribution in [-0.2, 0) is 9.53 Å². The fourth-order valence-corrected chi connectivity index (χ4v) is 3.14. The van der Waals surface area contributed by atoms with E-state index >= 15 is 0 Å². The van der Waals surface area contributed by atoms with Gasteiger partial charge < -0.3 is 19.4 Å². The number of benzene rings is 1. The number of rotatable bonds is 6. The average Bonchev–Trinajstić information content (AvgIpc) is 3.40. The van der Waals surface area contributed by atoms with Crippen molar-refractivity contribution in [3.8, 4) is 5.75 Å². The molecule has 0 spiro atoms. The number of aromatic nitrogens is 1. The van der Waals surface area contributed by atoms with E-state index < -0.39 is 30.1 Å². The fourth-order valence-electron chi connectivity index (χ4n) is 3.14. The lowest BCUT2D eigenvalue weighted by molar-refractivity contribution is -0.274. The van der Waals surface area contributed by atoms with Gasteiger partial charge in [0.15, 0.2) is 6.10 Å². The van der Waals surface area contributed by atoms with Crippen LogP contribution in [0.1, 0.15) is 47.6 Å². The second-order valence-corrected chi connectivity index (χ2v) is 6.99. The minimum atomic E-state index is -4.79.